The minimum Gasteiger partial charge on any atom is -0.460 e. The summed E-state index contributed by atoms with van der Waals surface area (Å²) in [7, 11) is 0. The Kier molecular flexibility index (Phi) is 13.9. The highest BCUT2D eigenvalue weighted by molar-refractivity contribution is 6.67. The van der Waals surface area contributed by atoms with Crippen LogP contribution in [-0.2, 0) is 23.9 Å². The zero-order valence-corrected chi connectivity index (χ0v) is 29.2. The van der Waals surface area contributed by atoms with E-state index in [1.54, 1.807) is 39.1 Å². The van der Waals surface area contributed by atoms with E-state index in [1.807, 2.05) is 24.3 Å². The summed E-state index contributed by atoms with van der Waals surface area (Å²) in [6.07, 6.45) is 5.24. The number of hydrogen-bond donors (Lipinski definition) is 4. The first-order valence-electron chi connectivity index (χ1n) is 15.2. The molecule has 4 atom stereocenters. The van der Waals surface area contributed by atoms with E-state index in [1.165, 1.54) is 11.9 Å². The SMILES string of the molecule is C[C@H](NC(=O)[C@H](CCN=[N+]=[N-])NC(=O)C(C)(C)/C=C/c1cc2cc([C@@H](C)O)ccc2cn1)C(=O)N1CCCC(C(=O)OCC(Cl)(Cl)Cl)N1. The van der Waals surface area contributed by atoms with Gasteiger partial charge in [0.25, 0.3) is 5.91 Å². The van der Waals surface area contributed by atoms with E-state index in [9.17, 15) is 24.3 Å². The monoisotopic (exact) mass is 724 g/mol. The first kappa shape index (κ1) is 38.8. The molecule has 1 aliphatic rings. The van der Waals surface area contributed by atoms with Crippen LogP contribution >= 0.6 is 34.8 Å². The van der Waals surface area contributed by atoms with Crippen molar-refractivity contribution in [2.24, 2.45) is 10.5 Å². The third kappa shape index (κ3) is 11.5. The predicted octanol–water partition coefficient (Wildman–Crippen LogP) is 4.43. The number of ether oxygens (including phenoxy) is 1. The van der Waals surface area contributed by atoms with Crippen LogP contribution in [0.2, 0.25) is 0 Å². The number of nitrogens with zero attached hydrogens (tertiary/aromatic N) is 5. The molecule has 4 N–H and O–H groups in total. The van der Waals surface area contributed by atoms with Crippen molar-refractivity contribution in [1.29, 1.82) is 0 Å². The topological polar surface area (TPSA) is 199 Å². The molecule has 2 aromatic rings. The number of hydrazine groups is 1. The van der Waals surface area contributed by atoms with Gasteiger partial charge in [0.05, 0.1) is 17.2 Å². The number of esters is 1. The molecule has 0 radical (unpaired) electrons. The third-order valence-electron chi connectivity index (χ3n) is 7.55. The quantitative estimate of drug-likeness (QED) is 0.0764. The van der Waals surface area contributed by atoms with Crippen molar-refractivity contribution < 1.29 is 29.0 Å². The lowest BCUT2D eigenvalue weighted by Crippen LogP contribution is -2.60. The maximum atomic E-state index is 13.4. The Morgan fingerprint density at radius 1 is 1.21 bits per heavy atom. The average molecular weight is 726 g/mol. The molecule has 0 spiro atoms. The highest BCUT2D eigenvalue weighted by atomic mass is 35.6. The summed E-state index contributed by atoms with van der Waals surface area (Å²) in [6, 6.07) is 4.36. The number of benzene rings is 1. The van der Waals surface area contributed by atoms with Crippen LogP contribution in [0.4, 0.5) is 0 Å². The molecule has 1 aliphatic heterocycles. The fourth-order valence-electron chi connectivity index (χ4n) is 4.72. The zero-order chi connectivity index (χ0) is 35.6. The highest BCUT2D eigenvalue weighted by Crippen LogP contribution is 2.26. The molecular weight excluding hydrogens is 687 g/mol. The molecular formula is C31H39Cl3N8O6. The number of aliphatic hydroxyl groups excluding tert-OH is 1. The van der Waals surface area contributed by atoms with Gasteiger partial charge in [-0.2, -0.15) is 0 Å². The van der Waals surface area contributed by atoms with Crippen molar-refractivity contribution in [3.63, 3.8) is 0 Å². The molecule has 1 aromatic carbocycles. The number of hydrogen-bond acceptors (Lipinski definition) is 9. The summed E-state index contributed by atoms with van der Waals surface area (Å²) >= 11 is 16.9. The van der Waals surface area contributed by atoms with Crippen LogP contribution in [0.25, 0.3) is 27.3 Å². The molecule has 2 heterocycles. The molecule has 260 valence electrons. The number of azide groups is 1. The molecule has 0 bridgehead atoms. The molecule has 1 aromatic heterocycles. The molecule has 1 unspecified atom stereocenters. The summed E-state index contributed by atoms with van der Waals surface area (Å²) in [5, 5.41) is 21.7. The van der Waals surface area contributed by atoms with Crippen molar-refractivity contribution in [2.75, 3.05) is 19.7 Å². The Morgan fingerprint density at radius 3 is 2.60 bits per heavy atom. The van der Waals surface area contributed by atoms with E-state index in [4.69, 9.17) is 45.1 Å². The van der Waals surface area contributed by atoms with Gasteiger partial charge in [-0.15, -0.1) is 0 Å². The van der Waals surface area contributed by atoms with Crippen molar-refractivity contribution in [2.45, 2.75) is 75.0 Å². The number of aliphatic hydroxyl groups is 1. The van der Waals surface area contributed by atoms with E-state index in [2.05, 4.69) is 31.1 Å². The second kappa shape index (κ2) is 17.1. The van der Waals surface area contributed by atoms with Crippen molar-refractivity contribution in [3.05, 3.63) is 58.2 Å². The fourth-order valence-corrected chi connectivity index (χ4v) is 4.88. The van der Waals surface area contributed by atoms with Crippen molar-refractivity contribution in [1.82, 2.24) is 26.1 Å². The molecule has 0 aliphatic carbocycles. The number of rotatable bonds is 13. The number of nitrogens with one attached hydrogen (secondary N) is 3. The number of aromatic nitrogens is 1. The first-order valence-corrected chi connectivity index (χ1v) is 16.3. The van der Waals surface area contributed by atoms with Gasteiger partial charge in [-0.25, -0.2) is 5.43 Å². The van der Waals surface area contributed by atoms with Gasteiger partial charge in [-0.1, -0.05) is 58.1 Å². The minimum atomic E-state index is -1.78. The number of carbonyl (C=O) groups is 4. The Morgan fingerprint density at radius 2 is 1.94 bits per heavy atom. The van der Waals surface area contributed by atoms with Crippen LogP contribution in [0, 0.1) is 5.41 Å². The number of fused-ring (bicyclic) bond motifs is 1. The minimum absolute atomic E-state index is 0.0285. The summed E-state index contributed by atoms with van der Waals surface area (Å²) in [5.74, 6) is -2.40. The van der Waals surface area contributed by atoms with E-state index >= 15 is 0 Å². The lowest BCUT2D eigenvalue weighted by molar-refractivity contribution is -0.152. The molecule has 1 saturated heterocycles. The van der Waals surface area contributed by atoms with Gasteiger partial charge in [0.2, 0.25) is 15.6 Å². The molecule has 14 nitrogen and oxygen atoms in total. The van der Waals surface area contributed by atoms with E-state index in [0.717, 1.165) is 16.3 Å². The van der Waals surface area contributed by atoms with Gasteiger partial charge in [0.1, 0.15) is 24.7 Å². The Hall–Kier alpha value is -3.65. The van der Waals surface area contributed by atoms with Crippen LogP contribution in [-0.4, -0.2) is 80.4 Å². The zero-order valence-electron chi connectivity index (χ0n) is 27.0. The molecule has 1 fully saturated rings. The van der Waals surface area contributed by atoms with Crippen LogP contribution in [0.3, 0.4) is 0 Å². The summed E-state index contributed by atoms with van der Waals surface area (Å²) in [6.45, 7) is 6.19. The lowest BCUT2D eigenvalue weighted by atomic mass is 9.90. The summed E-state index contributed by atoms with van der Waals surface area (Å²) in [5.41, 5.74) is 11.8. The number of amides is 3. The van der Waals surface area contributed by atoms with Gasteiger partial charge < -0.3 is 20.5 Å². The standard InChI is InChI=1S/C31H39Cl3N8O6/c1-18(27(45)42-13-5-6-25(40-42)28(46)48-17-31(32,33)34)38-26(44)24(10-12-37-41-35)39-29(47)30(3,4)11-9-23-15-22-14-20(19(2)43)7-8-21(22)16-36-23/h7-9,11,14-16,18-19,24-25,40,43H,5-6,10,12-13,17H2,1-4H3,(H,38,44)(H,39,47)/b11-9+/t18-,19+,24-,25?/m0/s1. The molecule has 3 amide bonds. The second-order valence-electron chi connectivity index (χ2n) is 12.0. The van der Waals surface area contributed by atoms with Gasteiger partial charge in [0, 0.05) is 29.6 Å². The van der Waals surface area contributed by atoms with Gasteiger partial charge >= 0.3 is 5.97 Å². The van der Waals surface area contributed by atoms with Crippen LogP contribution in [0.5, 0.6) is 0 Å². The maximum absolute atomic E-state index is 13.4. The third-order valence-corrected chi connectivity index (χ3v) is 7.88. The fraction of sp³-hybridized carbons (Fsp3) is 0.516. The Bertz CT molecular complexity index is 1580. The van der Waals surface area contributed by atoms with Crippen LogP contribution in [0.1, 0.15) is 64.3 Å². The number of halogens is 3. The smallest absolute Gasteiger partial charge is 0.325 e. The van der Waals surface area contributed by atoms with Crippen molar-refractivity contribution >= 4 is 75.3 Å². The average Bonchev–Trinajstić information content (AvgIpc) is 3.04. The van der Waals surface area contributed by atoms with E-state index < -0.39 is 63.7 Å². The van der Waals surface area contributed by atoms with Gasteiger partial charge in [0.15, 0.2) is 0 Å². The number of alkyl halides is 3. The molecule has 17 heteroatoms. The Balaban J connectivity index is 1.66. The van der Waals surface area contributed by atoms with E-state index in [0.29, 0.717) is 18.5 Å². The molecule has 0 saturated carbocycles. The van der Waals surface area contributed by atoms with Crippen LogP contribution in [0.15, 0.2) is 41.7 Å². The van der Waals surface area contributed by atoms with Crippen molar-refractivity contribution in [3.8, 4) is 0 Å². The van der Waals surface area contributed by atoms with Gasteiger partial charge in [-0.05, 0) is 81.6 Å². The maximum Gasteiger partial charge on any atom is 0.325 e. The number of pyridine rings is 1. The molecule has 48 heavy (non-hydrogen) atoms. The molecule has 3 rings (SSSR count). The largest absolute Gasteiger partial charge is 0.460 e. The number of carbonyl (C=O) groups excluding carboxylic acids is 4. The van der Waals surface area contributed by atoms with Crippen LogP contribution < -0.4 is 16.1 Å². The first-order chi connectivity index (χ1) is 22.5. The van der Waals surface area contributed by atoms with Gasteiger partial charge in [-0.3, -0.25) is 29.2 Å². The summed E-state index contributed by atoms with van der Waals surface area (Å²) < 4.78 is 3.23. The Labute approximate surface area is 293 Å². The highest BCUT2D eigenvalue weighted by Gasteiger charge is 2.34. The second-order valence-corrected chi connectivity index (χ2v) is 14.5. The predicted molar refractivity (Wildman–Crippen MR) is 182 cm³/mol. The lowest BCUT2D eigenvalue weighted by Gasteiger charge is -2.34. The normalized spacial score (nSPS) is 17.2. The summed E-state index contributed by atoms with van der Waals surface area (Å²) in [4.78, 5) is 59.5. The van der Waals surface area contributed by atoms with E-state index in [-0.39, 0.29) is 19.5 Å².